The maximum absolute atomic E-state index is 12.1. The van der Waals surface area contributed by atoms with Gasteiger partial charge in [0.25, 0.3) is 0 Å². The van der Waals surface area contributed by atoms with Crippen LogP contribution in [-0.4, -0.2) is 35.8 Å². The fourth-order valence-electron chi connectivity index (χ4n) is 3.20. The molecule has 1 N–H and O–H groups in total. The summed E-state index contributed by atoms with van der Waals surface area (Å²) in [5.41, 5.74) is 0. The maximum Gasteiger partial charge on any atom is 0.312 e. The molecule has 0 aromatic heterocycles. The third-order valence-electron chi connectivity index (χ3n) is 4.03. The number of nitrogens with one attached hydrogen (secondary N) is 1. The van der Waals surface area contributed by atoms with Crippen LogP contribution < -0.4 is 5.32 Å². The molecule has 1 aliphatic heterocycles. The van der Waals surface area contributed by atoms with Crippen LogP contribution in [0.3, 0.4) is 0 Å². The number of carbonyl (C=O) groups is 2. The average molecular weight is 249 g/mol. The van der Waals surface area contributed by atoms with E-state index in [2.05, 4.69) is 5.32 Å². The van der Waals surface area contributed by atoms with Gasteiger partial charge in [0.15, 0.2) is 0 Å². The summed E-state index contributed by atoms with van der Waals surface area (Å²) in [5, 5.41) is 10.7. The fraction of sp³-hybridized carbons (Fsp3) is 0.769. The maximum atomic E-state index is 12.1. The molecule has 0 bridgehead atoms. The molecule has 5 nitrogen and oxygen atoms in total. The molecule has 1 saturated heterocycles. The molecule has 2 amide bonds. The number of nitriles is 1. The standard InChI is InChI=1S/C13H19N3O2/c14-7-8-15-12(17)13(18)16-9-3-5-10-4-1-2-6-11(10)16/h10-11H,1-6,8-9H2,(H,15,17). The highest BCUT2D eigenvalue weighted by Gasteiger charge is 2.37. The number of nitrogens with zero attached hydrogens (tertiary/aromatic N) is 2. The number of hydrogen-bond donors (Lipinski definition) is 1. The summed E-state index contributed by atoms with van der Waals surface area (Å²) < 4.78 is 0. The molecule has 0 radical (unpaired) electrons. The first-order valence-electron chi connectivity index (χ1n) is 6.70. The number of rotatable bonds is 1. The van der Waals surface area contributed by atoms with E-state index in [1.165, 1.54) is 19.3 Å². The predicted octanol–water partition coefficient (Wildman–Crippen LogP) is 0.807. The Morgan fingerprint density at radius 3 is 2.72 bits per heavy atom. The van der Waals surface area contributed by atoms with Crippen molar-refractivity contribution >= 4 is 11.8 Å². The first kappa shape index (κ1) is 12.9. The number of fused-ring (bicyclic) bond motifs is 1. The van der Waals surface area contributed by atoms with Crippen molar-refractivity contribution in [3.8, 4) is 6.07 Å². The minimum atomic E-state index is -0.636. The summed E-state index contributed by atoms with van der Waals surface area (Å²) in [4.78, 5) is 25.4. The highest BCUT2D eigenvalue weighted by molar-refractivity contribution is 6.35. The molecule has 18 heavy (non-hydrogen) atoms. The summed E-state index contributed by atoms with van der Waals surface area (Å²) in [5.74, 6) is -0.523. The van der Waals surface area contributed by atoms with Gasteiger partial charge in [-0.05, 0) is 31.6 Å². The van der Waals surface area contributed by atoms with E-state index in [1.54, 1.807) is 4.90 Å². The van der Waals surface area contributed by atoms with E-state index >= 15 is 0 Å². The van der Waals surface area contributed by atoms with Crippen molar-refractivity contribution < 1.29 is 9.59 Å². The Morgan fingerprint density at radius 2 is 1.94 bits per heavy atom. The molecule has 2 atom stereocenters. The van der Waals surface area contributed by atoms with Gasteiger partial charge in [-0.15, -0.1) is 0 Å². The monoisotopic (exact) mass is 249 g/mol. The number of amides is 2. The third-order valence-corrected chi connectivity index (χ3v) is 4.03. The van der Waals surface area contributed by atoms with Crippen molar-refractivity contribution in [2.45, 2.75) is 44.6 Å². The number of hydrogen-bond acceptors (Lipinski definition) is 3. The number of carbonyl (C=O) groups excluding carboxylic acids is 2. The fourth-order valence-corrected chi connectivity index (χ4v) is 3.20. The Bertz CT molecular complexity index is 373. The molecule has 2 rings (SSSR count). The van der Waals surface area contributed by atoms with Gasteiger partial charge in [-0.2, -0.15) is 5.26 Å². The molecule has 2 aliphatic rings. The quantitative estimate of drug-likeness (QED) is 0.552. The van der Waals surface area contributed by atoms with Gasteiger partial charge in [0, 0.05) is 12.6 Å². The lowest BCUT2D eigenvalue weighted by atomic mass is 9.78. The molecular weight excluding hydrogens is 230 g/mol. The molecule has 0 aromatic rings. The van der Waals surface area contributed by atoms with Gasteiger partial charge in [-0.3, -0.25) is 9.59 Å². The van der Waals surface area contributed by atoms with Gasteiger partial charge < -0.3 is 10.2 Å². The Balaban J connectivity index is 2.00. The summed E-state index contributed by atoms with van der Waals surface area (Å²) in [6, 6.07) is 2.05. The van der Waals surface area contributed by atoms with E-state index < -0.39 is 11.8 Å². The second-order valence-electron chi connectivity index (χ2n) is 5.09. The van der Waals surface area contributed by atoms with Crippen LogP contribution in [0.5, 0.6) is 0 Å². The summed E-state index contributed by atoms with van der Waals surface area (Å²) in [6.07, 6.45) is 6.73. The second-order valence-corrected chi connectivity index (χ2v) is 5.09. The van der Waals surface area contributed by atoms with Crippen LogP contribution >= 0.6 is 0 Å². The first-order valence-corrected chi connectivity index (χ1v) is 6.70. The minimum absolute atomic E-state index is 0.105. The van der Waals surface area contributed by atoms with Crippen molar-refractivity contribution in [2.24, 2.45) is 5.92 Å². The molecule has 0 aromatic carbocycles. The molecule has 0 spiro atoms. The lowest BCUT2D eigenvalue weighted by Crippen LogP contribution is -2.54. The second kappa shape index (κ2) is 5.85. The SMILES string of the molecule is N#CCNC(=O)C(=O)N1CCCC2CCCCC21. The van der Waals surface area contributed by atoms with Gasteiger partial charge in [0.2, 0.25) is 0 Å². The van der Waals surface area contributed by atoms with E-state index in [0.29, 0.717) is 12.5 Å². The van der Waals surface area contributed by atoms with Gasteiger partial charge in [0.1, 0.15) is 6.54 Å². The van der Waals surface area contributed by atoms with Crippen LogP contribution in [0.25, 0.3) is 0 Å². The number of likely N-dealkylation sites (tertiary alicyclic amines) is 1. The zero-order chi connectivity index (χ0) is 13.0. The van der Waals surface area contributed by atoms with Crippen molar-refractivity contribution in [1.82, 2.24) is 10.2 Å². The lowest BCUT2D eigenvalue weighted by Gasteiger charge is -2.43. The molecule has 2 unspecified atom stereocenters. The van der Waals surface area contributed by atoms with E-state index in [4.69, 9.17) is 5.26 Å². The van der Waals surface area contributed by atoms with E-state index in [1.807, 2.05) is 6.07 Å². The molecule has 98 valence electrons. The molecule has 5 heteroatoms. The van der Waals surface area contributed by atoms with Gasteiger partial charge in [-0.1, -0.05) is 12.8 Å². The van der Waals surface area contributed by atoms with Gasteiger partial charge in [-0.25, -0.2) is 0 Å². The minimum Gasteiger partial charge on any atom is -0.335 e. The predicted molar refractivity (Wildman–Crippen MR) is 65.3 cm³/mol. The van der Waals surface area contributed by atoms with E-state index in [-0.39, 0.29) is 12.6 Å². The average Bonchev–Trinajstić information content (AvgIpc) is 2.43. The Hall–Kier alpha value is -1.57. The van der Waals surface area contributed by atoms with Crippen molar-refractivity contribution in [2.75, 3.05) is 13.1 Å². The lowest BCUT2D eigenvalue weighted by molar-refractivity contribution is -0.150. The smallest absolute Gasteiger partial charge is 0.312 e. The Labute approximate surface area is 107 Å². The largest absolute Gasteiger partial charge is 0.335 e. The van der Waals surface area contributed by atoms with Crippen LogP contribution in [0, 0.1) is 17.2 Å². The van der Waals surface area contributed by atoms with Crippen molar-refractivity contribution in [3.05, 3.63) is 0 Å². The normalized spacial score (nSPS) is 26.9. The van der Waals surface area contributed by atoms with Gasteiger partial charge in [0.05, 0.1) is 6.07 Å². The first-order chi connectivity index (χ1) is 8.74. The molecule has 1 aliphatic carbocycles. The number of piperidine rings is 1. The molecular formula is C13H19N3O2. The Morgan fingerprint density at radius 1 is 1.22 bits per heavy atom. The Kier molecular flexibility index (Phi) is 4.19. The van der Waals surface area contributed by atoms with Crippen LogP contribution in [0.1, 0.15) is 38.5 Å². The highest BCUT2D eigenvalue weighted by atomic mass is 16.2. The third kappa shape index (κ3) is 2.63. The van der Waals surface area contributed by atoms with Crippen LogP contribution in [-0.2, 0) is 9.59 Å². The van der Waals surface area contributed by atoms with Crippen molar-refractivity contribution in [3.63, 3.8) is 0 Å². The highest BCUT2D eigenvalue weighted by Crippen LogP contribution is 2.35. The van der Waals surface area contributed by atoms with Crippen LogP contribution in [0.2, 0.25) is 0 Å². The van der Waals surface area contributed by atoms with Crippen LogP contribution in [0.15, 0.2) is 0 Å². The molecule has 1 heterocycles. The zero-order valence-electron chi connectivity index (χ0n) is 10.5. The zero-order valence-corrected chi connectivity index (χ0v) is 10.5. The van der Waals surface area contributed by atoms with Crippen molar-refractivity contribution in [1.29, 1.82) is 5.26 Å². The van der Waals surface area contributed by atoms with Crippen LogP contribution in [0.4, 0.5) is 0 Å². The summed E-state index contributed by atoms with van der Waals surface area (Å²) in [6.45, 7) is 0.576. The van der Waals surface area contributed by atoms with E-state index in [9.17, 15) is 9.59 Å². The topological polar surface area (TPSA) is 73.2 Å². The van der Waals surface area contributed by atoms with Gasteiger partial charge >= 0.3 is 11.8 Å². The summed E-state index contributed by atoms with van der Waals surface area (Å²) >= 11 is 0. The molecule has 1 saturated carbocycles. The van der Waals surface area contributed by atoms with E-state index in [0.717, 1.165) is 19.3 Å². The molecule has 2 fully saturated rings. The summed E-state index contributed by atoms with van der Waals surface area (Å²) in [7, 11) is 0.